The van der Waals surface area contributed by atoms with Crippen molar-refractivity contribution in [1.82, 2.24) is 15.8 Å². The van der Waals surface area contributed by atoms with E-state index in [1.54, 1.807) is 31.0 Å². The van der Waals surface area contributed by atoms with Crippen molar-refractivity contribution < 1.29 is 9.59 Å². The van der Waals surface area contributed by atoms with Gasteiger partial charge in [-0.1, -0.05) is 48.5 Å². The van der Waals surface area contributed by atoms with Gasteiger partial charge in [-0.05, 0) is 37.7 Å². The van der Waals surface area contributed by atoms with Gasteiger partial charge in [0.25, 0.3) is 11.8 Å². The average Bonchev–Trinajstić information content (AvgIpc) is 2.99. The van der Waals surface area contributed by atoms with Crippen LogP contribution in [0.4, 0.5) is 0 Å². The Morgan fingerprint density at radius 2 is 1.68 bits per heavy atom. The maximum absolute atomic E-state index is 12.7. The average molecular weight is 415 g/mol. The molecule has 0 radical (unpaired) electrons. The number of rotatable bonds is 3. The molecule has 4 rings (SSSR count). The molecular weight excluding hydrogens is 396 g/mol. The molecule has 144 valence electrons. The molecule has 2 aliphatic heterocycles. The van der Waals surface area contributed by atoms with E-state index in [1.165, 1.54) is 11.8 Å². The van der Waals surface area contributed by atoms with Gasteiger partial charge in [0.1, 0.15) is 10.6 Å². The number of fused-ring (bicyclic) bond motifs is 1. The second-order valence-corrected chi connectivity index (χ2v) is 7.72. The van der Waals surface area contributed by atoms with Gasteiger partial charge in [-0.15, -0.1) is 12.4 Å². The number of carbonyl (C=O) groups is 2. The number of hydrogen-bond donors (Lipinski definition) is 2. The molecule has 6 nitrogen and oxygen atoms in total. The van der Waals surface area contributed by atoms with E-state index in [-0.39, 0.29) is 24.2 Å². The van der Waals surface area contributed by atoms with Gasteiger partial charge < -0.3 is 5.32 Å². The molecule has 0 saturated heterocycles. The van der Waals surface area contributed by atoms with Crippen LogP contribution >= 0.6 is 24.2 Å². The summed E-state index contributed by atoms with van der Waals surface area (Å²) in [7, 11) is 0. The highest BCUT2D eigenvalue weighted by molar-refractivity contribution is 8.17. The van der Waals surface area contributed by atoms with Gasteiger partial charge in [0.05, 0.1) is 5.70 Å². The number of hydrogen-bond acceptors (Lipinski definition) is 5. The largest absolute Gasteiger partial charge is 0.314 e. The summed E-state index contributed by atoms with van der Waals surface area (Å²) in [6.45, 7) is 3.56. The Morgan fingerprint density at radius 3 is 2.32 bits per heavy atom. The molecule has 2 aliphatic rings. The third-order valence-electron chi connectivity index (χ3n) is 4.26. The Balaban J connectivity index is 0.00000225. The van der Waals surface area contributed by atoms with E-state index < -0.39 is 5.54 Å². The van der Waals surface area contributed by atoms with Gasteiger partial charge in [0, 0.05) is 11.1 Å². The zero-order valence-electron chi connectivity index (χ0n) is 15.3. The standard InChI is InChI=1S/C20H18N4O2S.ClH/c1-20(2)18(26)22-19-24(23-20)15(13-9-5-3-6-10-13)17(27-19)21-16(25)14-11-7-4-8-12-14;/h3-12,23H,1-2H3,(H,21,25);1H. The minimum Gasteiger partial charge on any atom is -0.314 e. The van der Waals surface area contributed by atoms with Crippen LogP contribution in [-0.4, -0.2) is 27.5 Å². The van der Waals surface area contributed by atoms with Crippen molar-refractivity contribution in [2.75, 3.05) is 0 Å². The van der Waals surface area contributed by atoms with Crippen molar-refractivity contribution in [2.45, 2.75) is 19.4 Å². The number of carbonyl (C=O) groups excluding carboxylic acids is 2. The Hall–Kier alpha value is -2.61. The van der Waals surface area contributed by atoms with Gasteiger partial charge in [-0.3, -0.25) is 9.59 Å². The number of aliphatic imine (C=N–C) groups is 1. The summed E-state index contributed by atoms with van der Waals surface area (Å²) < 4.78 is 0. The lowest BCUT2D eigenvalue weighted by molar-refractivity contribution is -0.124. The SMILES string of the molecule is CC1(C)NN2C(=NC1=O)SC(NC(=O)c1ccccc1)=C2c1ccccc1.Cl. The van der Waals surface area contributed by atoms with Crippen molar-refractivity contribution in [3.63, 3.8) is 0 Å². The second kappa shape index (κ2) is 7.79. The first kappa shape index (κ1) is 20.1. The van der Waals surface area contributed by atoms with Crippen molar-refractivity contribution in [1.29, 1.82) is 0 Å². The van der Waals surface area contributed by atoms with Gasteiger partial charge in [0.15, 0.2) is 5.17 Å². The molecule has 2 N–H and O–H groups in total. The first-order valence-corrected chi connectivity index (χ1v) is 9.32. The number of benzene rings is 2. The summed E-state index contributed by atoms with van der Waals surface area (Å²) in [6.07, 6.45) is 0. The van der Waals surface area contributed by atoms with Gasteiger partial charge >= 0.3 is 0 Å². The van der Waals surface area contributed by atoms with E-state index in [2.05, 4.69) is 15.7 Å². The summed E-state index contributed by atoms with van der Waals surface area (Å²) in [5.41, 5.74) is 4.63. The third kappa shape index (κ3) is 3.69. The molecule has 0 aliphatic carbocycles. The number of nitrogens with zero attached hydrogens (tertiary/aromatic N) is 2. The predicted octanol–water partition coefficient (Wildman–Crippen LogP) is 3.39. The van der Waals surface area contributed by atoms with Gasteiger partial charge in [-0.25, -0.2) is 10.4 Å². The number of halogens is 1. The van der Waals surface area contributed by atoms with Crippen LogP contribution in [0, 0.1) is 0 Å². The minimum absolute atomic E-state index is 0. The van der Waals surface area contributed by atoms with E-state index in [0.717, 1.165) is 11.3 Å². The molecule has 0 fully saturated rings. The molecule has 2 aromatic carbocycles. The molecule has 2 heterocycles. The molecule has 0 unspecified atom stereocenters. The maximum atomic E-state index is 12.7. The van der Waals surface area contributed by atoms with Crippen LogP contribution in [0.15, 0.2) is 70.7 Å². The normalized spacial score (nSPS) is 17.6. The molecule has 0 atom stereocenters. The van der Waals surface area contributed by atoms with E-state index in [1.807, 2.05) is 48.5 Å². The van der Waals surface area contributed by atoms with E-state index in [4.69, 9.17) is 0 Å². The number of nitrogens with one attached hydrogen (secondary N) is 2. The van der Waals surface area contributed by atoms with Crippen LogP contribution in [0.1, 0.15) is 29.8 Å². The summed E-state index contributed by atoms with van der Waals surface area (Å²) in [5, 5.41) is 5.88. The van der Waals surface area contributed by atoms with Crippen LogP contribution in [0.5, 0.6) is 0 Å². The lowest BCUT2D eigenvalue weighted by Crippen LogP contribution is -2.58. The fourth-order valence-corrected chi connectivity index (χ4v) is 3.81. The lowest BCUT2D eigenvalue weighted by Gasteiger charge is -2.35. The lowest BCUT2D eigenvalue weighted by atomic mass is 10.1. The van der Waals surface area contributed by atoms with Gasteiger partial charge in [-0.2, -0.15) is 4.99 Å². The van der Waals surface area contributed by atoms with Crippen molar-refractivity contribution >= 4 is 46.8 Å². The Labute approximate surface area is 173 Å². The third-order valence-corrected chi connectivity index (χ3v) is 5.21. The topological polar surface area (TPSA) is 73.8 Å². The van der Waals surface area contributed by atoms with Crippen LogP contribution in [0.2, 0.25) is 0 Å². The first-order chi connectivity index (χ1) is 13.0. The Morgan fingerprint density at radius 1 is 1.07 bits per heavy atom. The fraction of sp³-hybridized carbons (Fsp3) is 0.150. The highest BCUT2D eigenvalue weighted by atomic mass is 35.5. The Bertz CT molecular complexity index is 974. The minimum atomic E-state index is -0.830. The quantitative estimate of drug-likeness (QED) is 0.805. The van der Waals surface area contributed by atoms with Crippen LogP contribution in [0.25, 0.3) is 5.70 Å². The molecule has 0 bridgehead atoms. The summed E-state index contributed by atoms with van der Waals surface area (Å²) in [6, 6.07) is 18.7. The van der Waals surface area contributed by atoms with E-state index >= 15 is 0 Å². The molecule has 0 saturated carbocycles. The van der Waals surface area contributed by atoms with Crippen molar-refractivity contribution in [2.24, 2.45) is 4.99 Å². The smallest absolute Gasteiger partial charge is 0.269 e. The first-order valence-electron chi connectivity index (χ1n) is 8.51. The predicted molar refractivity (Wildman–Crippen MR) is 114 cm³/mol. The molecule has 2 amide bonds. The van der Waals surface area contributed by atoms with Crippen LogP contribution in [-0.2, 0) is 4.79 Å². The molecule has 28 heavy (non-hydrogen) atoms. The number of hydrazine groups is 1. The van der Waals surface area contributed by atoms with Crippen molar-refractivity contribution in [3.8, 4) is 0 Å². The summed E-state index contributed by atoms with van der Waals surface area (Å²) in [5.74, 6) is -0.457. The zero-order valence-corrected chi connectivity index (χ0v) is 16.9. The van der Waals surface area contributed by atoms with Gasteiger partial charge in [0.2, 0.25) is 0 Å². The molecule has 8 heteroatoms. The van der Waals surface area contributed by atoms with E-state index in [9.17, 15) is 9.59 Å². The second-order valence-electron chi connectivity index (χ2n) is 6.74. The Kier molecular flexibility index (Phi) is 5.60. The summed E-state index contributed by atoms with van der Waals surface area (Å²) in [4.78, 5) is 29.1. The summed E-state index contributed by atoms with van der Waals surface area (Å²) >= 11 is 1.27. The molecule has 0 spiro atoms. The van der Waals surface area contributed by atoms with E-state index in [0.29, 0.717) is 15.8 Å². The fourth-order valence-electron chi connectivity index (χ4n) is 2.82. The zero-order chi connectivity index (χ0) is 19.0. The molecular formula is C20H19ClN4O2S. The van der Waals surface area contributed by atoms with Crippen LogP contribution < -0.4 is 10.7 Å². The van der Waals surface area contributed by atoms with Crippen molar-refractivity contribution in [3.05, 3.63) is 76.8 Å². The highest BCUT2D eigenvalue weighted by Crippen LogP contribution is 2.40. The molecule has 0 aromatic heterocycles. The highest BCUT2D eigenvalue weighted by Gasteiger charge is 2.42. The number of amidine groups is 1. The molecule has 2 aromatic rings. The van der Waals surface area contributed by atoms with Crippen LogP contribution in [0.3, 0.4) is 0 Å². The maximum Gasteiger partial charge on any atom is 0.269 e. The number of thioether (sulfide) groups is 1. The number of amides is 2. The monoisotopic (exact) mass is 414 g/mol.